The lowest BCUT2D eigenvalue weighted by Gasteiger charge is -2.27. The van der Waals surface area contributed by atoms with Crippen molar-refractivity contribution in [2.24, 2.45) is 11.1 Å². The van der Waals surface area contributed by atoms with Gasteiger partial charge in [0.15, 0.2) is 0 Å². The SMILES string of the molecule is CCOC(c1noc(CC(C)(O)CN)n1)C(C)(C)C. The van der Waals surface area contributed by atoms with E-state index < -0.39 is 5.60 Å². The molecule has 0 aliphatic rings. The van der Waals surface area contributed by atoms with Crippen molar-refractivity contribution in [1.82, 2.24) is 10.1 Å². The largest absolute Gasteiger partial charge is 0.388 e. The summed E-state index contributed by atoms with van der Waals surface area (Å²) in [4.78, 5) is 4.31. The summed E-state index contributed by atoms with van der Waals surface area (Å²) in [6, 6.07) is 0. The number of ether oxygens (including phenoxy) is 1. The summed E-state index contributed by atoms with van der Waals surface area (Å²) in [5.74, 6) is 0.886. The first kappa shape index (κ1) is 16.1. The van der Waals surface area contributed by atoms with E-state index in [4.69, 9.17) is 15.0 Å². The molecule has 1 aromatic rings. The normalized spacial score (nSPS) is 17.2. The number of nitrogens with zero attached hydrogens (tertiary/aromatic N) is 2. The first-order valence-corrected chi connectivity index (χ1v) is 6.56. The van der Waals surface area contributed by atoms with Crippen LogP contribution in [0.5, 0.6) is 0 Å². The van der Waals surface area contributed by atoms with E-state index in [1.165, 1.54) is 0 Å². The summed E-state index contributed by atoms with van der Waals surface area (Å²) < 4.78 is 10.9. The lowest BCUT2D eigenvalue weighted by atomic mass is 9.88. The Labute approximate surface area is 114 Å². The molecule has 0 spiro atoms. The van der Waals surface area contributed by atoms with E-state index in [-0.39, 0.29) is 24.5 Å². The van der Waals surface area contributed by atoms with Gasteiger partial charge in [-0.1, -0.05) is 25.9 Å². The highest BCUT2D eigenvalue weighted by Gasteiger charge is 2.32. The second kappa shape index (κ2) is 5.98. The van der Waals surface area contributed by atoms with E-state index >= 15 is 0 Å². The third kappa shape index (κ3) is 4.56. The van der Waals surface area contributed by atoms with Crippen LogP contribution in [0.3, 0.4) is 0 Å². The molecule has 0 saturated carbocycles. The predicted octanol–water partition coefficient (Wildman–Crippen LogP) is 1.45. The van der Waals surface area contributed by atoms with Crippen LogP contribution in [0.2, 0.25) is 0 Å². The minimum absolute atomic E-state index is 0.131. The van der Waals surface area contributed by atoms with Crippen LogP contribution in [0, 0.1) is 5.41 Å². The van der Waals surface area contributed by atoms with Crippen molar-refractivity contribution in [2.45, 2.75) is 52.7 Å². The molecule has 0 amide bonds. The van der Waals surface area contributed by atoms with Crippen LogP contribution < -0.4 is 5.73 Å². The predicted molar refractivity (Wildman–Crippen MR) is 71.5 cm³/mol. The van der Waals surface area contributed by atoms with Crippen LogP contribution in [0.1, 0.15) is 52.4 Å². The molecule has 0 fully saturated rings. The summed E-state index contributed by atoms with van der Waals surface area (Å²) in [5, 5.41) is 13.9. The molecule has 0 aromatic carbocycles. The van der Waals surface area contributed by atoms with Gasteiger partial charge in [-0.05, 0) is 19.3 Å². The van der Waals surface area contributed by atoms with Gasteiger partial charge < -0.3 is 20.1 Å². The average molecular weight is 271 g/mol. The van der Waals surface area contributed by atoms with Gasteiger partial charge in [0.05, 0.1) is 12.0 Å². The average Bonchev–Trinajstić information content (AvgIpc) is 2.71. The zero-order chi connectivity index (χ0) is 14.7. The van der Waals surface area contributed by atoms with Crippen LogP contribution in [0.25, 0.3) is 0 Å². The molecular formula is C13H25N3O3. The maximum Gasteiger partial charge on any atom is 0.229 e. The standard InChI is InChI=1S/C13H25N3O3/c1-6-18-10(12(2,3)4)11-15-9(19-16-11)7-13(5,17)8-14/h10,17H,6-8,14H2,1-5H3. The summed E-state index contributed by atoms with van der Waals surface area (Å²) >= 11 is 0. The zero-order valence-corrected chi connectivity index (χ0v) is 12.4. The fraction of sp³-hybridized carbons (Fsp3) is 0.846. The first-order chi connectivity index (χ1) is 8.69. The summed E-state index contributed by atoms with van der Waals surface area (Å²) in [6.45, 7) is 10.4. The summed E-state index contributed by atoms with van der Waals surface area (Å²) in [6.07, 6.45) is -0.00252. The fourth-order valence-electron chi connectivity index (χ4n) is 1.72. The van der Waals surface area contributed by atoms with Crippen molar-refractivity contribution >= 4 is 0 Å². The number of aliphatic hydroxyl groups is 1. The third-order valence-corrected chi connectivity index (χ3v) is 2.81. The summed E-state index contributed by atoms with van der Waals surface area (Å²) in [5.41, 5.74) is 4.31. The fourth-order valence-corrected chi connectivity index (χ4v) is 1.72. The van der Waals surface area contributed by atoms with E-state index in [0.717, 1.165) is 0 Å². The number of hydrogen-bond acceptors (Lipinski definition) is 6. The Balaban J connectivity index is 2.88. The van der Waals surface area contributed by atoms with Gasteiger partial charge in [0, 0.05) is 13.2 Å². The van der Waals surface area contributed by atoms with Gasteiger partial charge >= 0.3 is 0 Å². The highest BCUT2D eigenvalue weighted by molar-refractivity contribution is 4.98. The monoisotopic (exact) mass is 271 g/mol. The molecule has 0 saturated heterocycles. The number of nitrogens with two attached hydrogens (primary N) is 1. The van der Waals surface area contributed by atoms with E-state index in [1.54, 1.807) is 6.92 Å². The molecule has 6 heteroatoms. The minimum atomic E-state index is -1.04. The van der Waals surface area contributed by atoms with Crippen molar-refractivity contribution in [3.63, 3.8) is 0 Å². The second-order valence-corrected chi connectivity index (χ2v) is 6.13. The first-order valence-electron chi connectivity index (χ1n) is 6.56. The molecule has 0 aliphatic heterocycles. The molecule has 19 heavy (non-hydrogen) atoms. The third-order valence-electron chi connectivity index (χ3n) is 2.81. The van der Waals surface area contributed by atoms with Crippen molar-refractivity contribution in [1.29, 1.82) is 0 Å². The Morgan fingerprint density at radius 2 is 2.00 bits per heavy atom. The summed E-state index contributed by atoms with van der Waals surface area (Å²) in [7, 11) is 0. The second-order valence-electron chi connectivity index (χ2n) is 6.13. The van der Waals surface area contributed by atoms with E-state index in [1.807, 2.05) is 6.92 Å². The van der Waals surface area contributed by atoms with Crippen LogP contribution in [0.15, 0.2) is 4.52 Å². The lowest BCUT2D eigenvalue weighted by Crippen LogP contribution is -2.36. The highest BCUT2D eigenvalue weighted by Crippen LogP contribution is 2.34. The molecule has 2 atom stereocenters. The van der Waals surface area contributed by atoms with Crippen LogP contribution in [-0.2, 0) is 11.2 Å². The Kier molecular flexibility index (Phi) is 5.06. The molecule has 3 N–H and O–H groups in total. The van der Waals surface area contributed by atoms with Crippen LogP contribution >= 0.6 is 0 Å². The minimum Gasteiger partial charge on any atom is -0.388 e. The van der Waals surface area contributed by atoms with Gasteiger partial charge in [0.25, 0.3) is 0 Å². The van der Waals surface area contributed by atoms with Gasteiger partial charge in [-0.2, -0.15) is 4.98 Å². The van der Waals surface area contributed by atoms with Crippen molar-refractivity contribution in [3.05, 3.63) is 11.7 Å². The Hall–Kier alpha value is -0.980. The van der Waals surface area contributed by atoms with E-state index in [0.29, 0.717) is 18.3 Å². The Morgan fingerprint density at radius 1 is 1.37 bits per heavy atom. The maximum absolute atomic E-state index is 9.90. The molecule has 1 rings (SSSR count). The molecule has 0 aliphatic carbocycles. The molecular weight excluding hydrogens is 246 g/mol. The molecule has 2 unspecified atom stereocenters. The molecule has 1 heterocycles. The molecule has 0 bridgehead atoms. The van der Waals surface area contributed by atoms with Crippen molar-refractivity contribution in [2.75, 3.05) is 13.2 Å². The Bertz CT molecular complexity index is 396. The van der Waals surface area contributed by atoms with Crippen LogP contribution in [0.4, 0.5) is 0 Å². The van der Waals surface area contributed by atoms with Gasteiger partial charge in [-0.3, -0.25) is 0 Å². The van der Waals surface area contributed by atoms with Gasteiger partial charge in [0.1, 0.15) is 6.10 Å². The Morgan fingerprint density at radius 3 is 2.47 bits per heavy atom. The number of hydrogen-bond donors (Lipinski definition) is 2. The van der Waals surface area contributed by atoms with E-state index in [2.05, 4.69) is 30.9 Å². The van der Waals surface area contributed by atoms with Gasteiger partial charge in [-0.25, -0.2) is 0 Å². The lowest BCUT2D eigenvalue weighted by molar-refractivity contribution is -0.0203. The molecule has 6 nitrogen and oxygen atoms in total. The number of rotatable bonds is 6. The highest BCUT2D eigenvalue weighted by atomic mass is 16.5. The van der Waals surface area contributed by atoms with Crippen molar-refractivity contribution in [3.8, 4) is 0 Å². The molecule has 110 valence electrons. The van der Waals surface area contributed by atoms with E-state index in [9.17, 15) is 5.11 Å². The zero-order valence-electron chi connectivity index (χ0n) is 12.4. The quantitative estimate of drug-likeness (QED) is 0.813. The smallest absolute Gasteiger partial charge is 0.229 e. The van der Waals surface area contributed by atoms with Crippen molar-refractivity contribution < 1.29 is 14.4 Å². The number of aromatic nitrogens is 2. The molecule has 1 aromatic heterocycles. The van der Waals surface area contributed by atoms with Gasteiger partial charge in [-0.15, -0.1) is 0 Å². The maximum atomic E-state index is 9.90. The van der Waals surface area contributed by atoms with Crippen LogP contribution in [-0.4, -0.2) is 34.0 Å². The van der Waals surface area contributed by atoms with Gasteiger partial charge in [0.2, 0.25) is 11.7 Å². The topological polar surface area (TPSA) is 94.4 Å². The molecule has 0 radical (unpaired) electrons.